The van der Waals surface area contributed by atoms with Gasteiger partial charge in [-0.05, 0) is 31.2 Å². The molecule has 94 valence electrons. The summed E-state index contributed by atoms with van der Waals surface area (Å²) in [6.07, 6.45) is 14.9. The minimum absolute atomic E-state index is 0.834. The van der Waals surface area contributed by atoms with Gasteiger partial charge in [-0.1, -0.05) is 58.3 Å². The van der Waals surface area contributed by atoms with E-state index in [4.69, 9.17) is 0 Å². The zero-order valence-electron chi connectivity index (χ0n) is 11.0. The Hall–Kier alpha value is -0.0400. The van der Waals surface area contributed by atoms with Gasteiger partial charge < -0.3 is 5.32 Å². The summed E-state index contributed by atoms with van der Waals surface area (Å²) in [5, 5.41) is 3.72. The third-order valence-corrected chi connectivity index (χ3v) is 4.40. The predicted octanol–water partition coefficient (Wildman–Crippen LogP) is 4.13. The third kappa shape index (κ3) is 4.45. The van der Waals surface area contributed by atoms with Gasteiger partial charge in [-0.2, -0.15) is 0 Å². The van der Waals surface area contributed by atoms with E-state index in [-0.39, 0.29) is 0 Å². The van der Waals surface area contributed by atoms with E-state index in [1.54, 1.807) is 0 Å². The van der Waals surface area contributed by atoms with Crippen molar-refractivity contribution in [3.63, 3.8) is 0 Å². The maximum atomic E-state index is 3.72. The first-order valence-electron chi connectivity index (χ1n) is 7.62. The van der Waals surface area contributed by atoms with E-state index in [0.717, 1.165) is 24.4 Å². The highest BCUT2D eigenvalue weighted by Gasteiger charge is 2.26. The highest BCUT2D eigenvalue weighted by molar-refractivity contribution is 4.82. The molecule has 0 radical (unpaired) electrons. The summed E-state index contributed by atoms with van der Waals surface area (Å²) in [6, 6.07) is 0.834. The molecule has 0 spiro atoms. The largest absolute Gasteiger partial charge is 0.314 e. The van der Waals surface area contributed by atoms with Gasteiger partial charge in [-0.3, -0.25) is 0 Å². The molecule has 1 nitrogen and oxygen atoms in total. The van der Waals surface area contributed by atoms with Crippen LogP contribution in [0.25, 0.3) is 0 Å². The van der Waals surface area contributed by atoms with Gasteiger partial charge in [0.15, 0.2) is 0 Å². The number of nitrogens with one attached hydrogen (secondary N) is 1. The molecule has 1 heteroatoms. The molecule has 0 aromatic heterocycles. The normalized spacial score (nSPS) is 25.3. The second-order valence-electron chi connectivity index (χ2n) is 6.03. The fraction of sp³-hybridized carbons (Fsp3) is 1.00. The van der Waals surface area contributed by atoms with Crippen molar-refractivity contribution >= 4 is 0 Å². The van der Waals surface area contributed by atoms with Crippen LogP contribution in [0.2, 0.25) is 0 Å². The monoisotopic (exact) mass is 223 g/mol. The first-order valence-corrected chi connectivity index (χ1v) is 7.62. The van der Waals surface area contributed by atoms with Crippen molar-refractivity contribution in [1.82, 2.24) is 5.32 Å². The molecule has 2 fully saturated rings. The Morgan fingerprint density at radius 2 is 1.44 bits per heavy atom. The van der Waals surface area contributed by atoms with Crippen molar-refractivity contribution in [2.45, 2.75) is 77.2 Å². The van der Waals surface area contributed by atoms with Crippen molar-refractivity contribution in [3.05, 3.63) is 0 Å². The lowest BCUT2D eigenvalue weighted by Crippen LogP contribution is -2.31. The predicted molar refractivity (Wildman–Crippen MR) is 70.6 cm³/mol. The Morgan fingerprint density at radius 1 is 0.875 bits per heavy atom. The minimum Gasteiger partial charge on any atom is -0.314 e. The van der Waals surface area contributed by atoms with Gasteiger partial charge in [0.25, 0.3) is 0 Å². The van der Waals surface area contributed by atoms with Crippen LogP contribution in [-0.4, -0.2) is 12.6 Å². The molecule has 1 unspecified atom stereocenters. The third-order valence-electron chi connectivity index (χ3n) is 4.40. The number of hydrogen-bond acceptors (Lipinski definition) is 1. The van der Waals surface area contributed by atoms with E-state index in [9.17, 15) is 0 Å². The van der Waals surface area contributed by atoms with Crippen molar-refractivity contribution in [1.29, 1.82) is 0 Å². The highest BCUT2D eigenvalue weighted by atomic mass is 14.9. The van der Waals surface area contributed by atoms with Crippen molar-refractivity contribution < 1.29 is 0 Å². The maximum absolute atomic E-state index is 3.72. The summed E-state index contributed by atoms with van der Waals surface area (Å²) in [5.74, 6) is 2.11. The van der Waals surface area contributed by atoms with Gasteiger partial charge in [0.05, 0.1) is 0 Å². The zero-order chi connectivity index (χ0) is 11.2. The summed E-state index contributed by atoms with van der Waals surface area (Å²) >= 11 is 0. The number of rotatable bonds is 6. The molecule has 1 N–H and O–H groups in total. The van der Waals surface area contributed by atoms with Crippen molar-refractivity contribution in [2.24, 2.45) is 11.8 Å². The molecule has 2 aliphatic rings. The lowest BCUT2D eigenvalue weighted by molar-refractivity contribution is 0.334. The van der Waals surface area contributed by atoms with E-state index in [1.165, 1.54) is 64.2 Å². The summed E-state index contributed by atoms with van der Waals surface area (Å²) in [7, 11) is 0. The van der Waals surface area contributed by atoms with Crippen LogP contribution < -0.4 is 5.32 Å². The van der Waals surface area contributed by atoms with Gasteiger partial charge in [0, 0.05) is 6.04 Å². The molecule has 0 saturated heterocycles. The zero-order valence-corrected chi connectivity index (χ0v) is 11.0. The Bertz CT molecular complexity index is 178. The summed E-state index contributed by atoms with van der Waals surface area (Å²) in [4.78, 5) is 0. The summed E-state index contributed by atoms with van der Waals surface area (Å²) in [6.45, 7) is 3.41. The van der Waals surface area contributed by atoms with Gasteiger partial charge in [0.2, 0.25) is 0 Å². The molecule has 0 aromatic rings. The van der Waals surface area contributed by atoms with Crippen LogP contribution in [0.15, 0.2) is 0 Å². The standard InChI is InChI=1S/C15H29N/c1-2-16-15(12-14-9-10-14)11-13-7-5-3-4-6-8-13/h13-16H,2-12H2,1H3. The first-order chi connectivity index (χ1) is 7.88. The van der Waals surface area contributed by atoms with E-state index in [1.807, 2.05) is 0 Å². The van der Waals surface area contributed by atoms with Crippen LogP contribution in [0.3, 0.4) is 0 Å². The van der Waals surface area contributed by atoms with Crippen LogP contribution in [0.1, 0.15) is 71.1 Å². The number of hydrogen-bond donors (Lipinski definition) is 1. The molecule has 0 aromatic carbocycles. The van der Waals surface area contributed by atoms with Gasteiger partial charge in [-0.25, -0.2) is 0 Å². The quantitative estimate of drug-likeness (QED) is 0.668. The van der Waals surface area contributed by atoms with Gasteiger partial charge >= 0.3 is 0 Å². The van der Waals surface area contributed by atoms with Crippen molar-refractivity contribution in [3.8, 4) is 0 Å². The van der Waals surface area contributed by atoms with E-state index < -0.39 is 0 Å². The second kappa shape index (κ2) is 6.64. The molecule has 16 heavy (non-hydrogen) atoms. The van der Waals surface area contributed by atoms with E-state index in [2.05, 4.69) is 12.2 Å². The molecule has 2 rings (SSSR count). The van der Waals surface area contributed by atoms with Gasteiger partial charge in [-0.15, -0.1) is 0 Å². The fourth-order valence-electron chi connectivity index (χ4n) is 3.31. The second-order valence-corrected chi connectivity index (χ2v) is 6.03. The molecule has 0 aliphatic heterocycles. The van der Waals surface area contributed by atoms with Crippen LogP contribution in [0.4, 0.5) is 0 Å². The molecule has 0 amide bonds. The van der Waals surface area contributed by atoms with E-state index >= 15 is 0 Å². The van der Waals surface area contributed by atoms with E-state index in [0.29, 0.717) is 0 Å². The molecular formula is C15H29N. The maximum Gasteiger partial charge on any atom is 0.00722 e. The van der Waals surface area contributed by atoms with Crippen molar-refractivity contribution in [2.75, 3.05) is 6.54 Å². The van der Waals surface area contributed by atoms with Crippen LogP contribution in [0.5, 0.6) is 0 Å². The van der Waals surface area contributed by atoms with Crippen LogP contribution in [-0.2, 0) is 0 Å². The van der Waals surface area contributed by atoms with Gasteiger partial charge in [0.1, 0.15) is 0 Å². The molecular weight excluding hydrogens is 194 g/mol. The SMILES string of the molecule is CCNC(CC1CCCCCC1)CC1CC1. The topological polar surface area (TPSA) is 12.0 Å². The fourth-order valence-corrected chi connectivity index (χ4v) is 3.31. The molecule has 0 bridgehead atoms. The summed E-state index contributed by atoms with van der Waals surface area (Å²) in [5.41, 5.74) is 0. The highest BCUT2D eigenvalue weighted by Crippen LogP contribution is 2.36. The smallest absolute Gasteiger partial charge is 0.00722 e. The first kappa shape index (κ1) is 12.4. The lowest BCUT2D eigenvalue weighted by atomic mass is 9.90. The average Bonchev–Trinajstić information content (AvgIpc) is 3.06. The minimum atomic E-state index is 0.834. The summed E-state index contributed by atoms with van der Waals surface area (Å²) < 4.78 is 0. The Kier molecular flexibility index (Phi) is 5.15. The molecule has 2 aliphatic carbocycles. The van der Waals surface area contributed by atoms with Crippen LogP contribution >= 0.6 is 0 Å². The molecule has 1 atom stereocenters. The molecule has 0 heterocycles. The Labute approximate surface area is 101 Å². The lowest BCUT2D eigenvalue weighted by Gasteiger charge is -2.23. The Balaban J connectivity index is 1.73. The molecule has 2 saturated carbocycles. The Morgan fingerprint density at radius 3 is 1.94 bits per heavy atom. The average molecular weight is 223 g/mol. The van der Waals surface area contributed by atoms with Crippen LogP contribution in [0, 0.1) is 11.8 Å².